The number of carbonyl (C=O) groups excluding carboxylic acids is 2. The highest BCUT2D eigenvalue weighted by Crippen LogP contribution is 2.44. The molecule has 1 N–H and O–H groups in total. The first-order valence-corrected chi connectivity index (χ1v) is 11.0. The number of rotatable bonds is 9. The summed E-state index contributed by atoms with van der Waals surface area (Å²) in [6.07, 6.45) is -0.384. The van der Waals surface area contributed by atoms with E-state index >= 15 is 0 Å². The predicted octanol–water partition coefficient (Wildman–Crippen LogP) is 4.92. The average molecular weight is 466 g/mol. The van der Waals surface area contributed by atoms with E-state index in [-0.39, 0.29) is 32.1 Å². The Morgan fingerprint density at radius 3 is 2.24 bits per heavy atom. The lowest BCUT2D eigenvalue weighted by atomic mass is 9.98. The molecule has 1 amide bonds. The maximum Gasteiger partial charge on any atom is 0.407 e. The first kappa shape index (κ1) is 22.7. The van der Waals surface area contributed by atoms with E-state index in [2.05, 4.69) is 29.6 Å². The normalized spacial score (nSPS) is 11.9. The molecule has 0 saturated heterocycles. The highest BCUT2D eigenvalue weighted by Gasteiger charge is 2.28. The molecule has 0 heterocycles. The molecule has 33 heavy (non-hydrogen) atoms. The Morgan fingerprint density at radius 2 is 1.61 bits per heavy atom. The molecule has 170 valence electrons. The molecule has 3 aromatic carbocycles. The second kappa shape index (κ2) is 10.4. The summed E-state index contributed by atoms with van der Waals surface area (Å²) in [6.45, 7) is 0.755. The molecule has 0 spiro atoms. The van der Waals surface area contributed by atoms with E-state index < -0.39 is 11.3 Å². The molecule has 0 saturated carbocycles. The molecule has 0 aliphatic heterocycles. The Balaban J connectivity index is 1.27. The van der Waals surface area contributed by atoms with Crippen molar-refractivity contribution in [1.29, 1.82) is 0 Å². The van der Waals surface area contributed by atoms with E-state index in [1.165, 1.54) is 29.4 Å². The lowest BCUT2D eigenvalue weighted by Crippen LogP contribution is -2.30. The molecule has 0 radical (unpaired) electrons. The minimum atomic E-state index is -0.497. The van der Waals surface area contributed by atoms with Gasteiger partial charge in [-0.25, -0.2) is 4.79 Å². The molecule has 1 aliphatic rings. The quantitative estimate of drug-likeness (QED) is 0.358. The van der Waals surface area contributed by atoms with Crippen LogP contribution in [-0.2, 0) is 16.0 Å². The van der Waals surface area contributed by atoms with E-state index in [9.17, 15) is 9.59 Å². The molecule has 4 rings (SSSR count). The van der Waals surface area contributed by atoms with Crippen molar-refractivity contribution in [2.45, 2.75) is 12.3 Å². The number of fused-ring (bicyclic) bond motifs is 3. The number of methoxy groups -OCH3 is 1. The summed E-state index contributed by atoms with van der Waals surface area (Å²) in [7, 11) is 1.52. The summed E-state index contributed by atoms with van der Waals surface area (Å²) in [5.41, 5.74) is 5.44. The van der Waals surface area contributed by atoms with Crippen LogP contribution in [0, 0.1) is 0 Å². The first-order chi connectivity index (χ1) is 16.1. The largest absolute Gasteiger partial charge is 0.493 e. The lowest BCUT2D eigenvalue weighted by molar-refractivity contribution is -0.111. The van der Waals surface area contributed by atoms with Gasteiger partial charge in [-0.2, -0.15) is 0 Å². The van der Waals surface area contributed by atoms with Gasteiger partial charge >= 0.3 is 6.09 Å². The van der Waals surface area contributed by atoms with Gasteiger partial charge in [-0.1, -0.05) is 54.6 Å². The van der Waals surface area contributed by atoms with Crippen LogP contribution in [-0.4, -0.2) is 38.2 Å². The number of benzene rings is 3. The van der Waals surface area contributed by atoms with Crippen LogP contribution in [0.4, 0.5) is 4.79 Å². The van der Waals surface area contributed by atoms with Crippen molar-refractivity contribution in [3.05, 3.63) is 83.4 Å². The summed E-state index contributed by atoms with van der Waals surface area (Å²) in [6, 6.07) is 21.6. The van der Waals surface area contributed by atoms with Crippen LogP contribution in [0.2, 0.25) is 0 Å². The van der Waals surface area contributed by atoms with Gasteiger partial charge in [-0.15, -0.1) is 0 Å². The fraction of sp³-hybridized carbons (Fsp3) is 0.231. The van der Waals surface area contributed by atoms with Crippen molar-refractivity contribution in [2.24, 2.45) is 0 Å². The Kier molecular flexibility index (Phi) is 7.15. The fourth-order valence-electron chi connectivity index (χ4n) is 4.07. The Hall–Kier alpha value is -3.51. The summed E-state index contributed by atoms with van der Waals surface area (Å²) in [5.74, 6) is 1.02. The zero-order valence-corrected chi connectivity index (χ0v) is 18.9. The fourth-order valence-corrected chi connectivity index (χ4v) is 4.22. The second-order valence-corrected chi connectivity index (χ2v) is 8.04. The standard InChI is InChI=1S/C26H24ClNO5/c1-31-24-14-17(15-25(27)29)10-11-23(24)32-13-12-28-26(30)33-16-22-20-8-4-2-6-18(20)19-7-3-5-9-21(19)22/h2-11,14,22H,12-13,15-16H2,1H3,(H,28,30). The van der Waals surface area contributed by atoms with Crippen molar-refractivity contribution < 1.29 is 23.8 Å². The topological polar surface area (TPSA) is 73.9 Å². The van der Waals surface area contributed by atoms with Crippen molar-refractivity contribution in [1.82, 2.24) is 5.32 Å². The number of carbonyl (C=O) groups is 2. The highest BCUT2D eigenvalue weighted by molar-refractivity contribution is 6.63. The first-order valence-electron chi connectivity index (χ1n) is 10.6. The molecular formula is C26H24ClNO5. The molecule has 7 heteroatoms. The molecule has 0 unspecified atom stereocenters. The zero-order valence-electron chi connectivity index (χ0n) is 18.2. The van der Waals surface area contributed by atoms with Gasteiger partial charge in [-0.3, -0.25) is 4.79 Å². The maximum atomic E-state index is 12.2. The maximum absolute atomic E-state index is 12.2. The van der Waals surface area contributed by atoms with Gasteiger partial charge in [0.25, 0.3) is 0 Å². The molecule has 1 aliphatic carbocycles. The van der Waals surface area contributed by atoms with Crippen LogP contribution in [0.1, 0.15) is 22.6 Å². The number of hydrogen-bond donors (Lipinski definition) is 1. The Bertz CT molecular complexity index is 1120. The Labute approximate surface area is 197 Å². The van der Waals surface area contributed by atoms with Crippen LogP contribution in [0.15, 0.2) is 66.7 Å². The summed E-state index contributed by atoms with van der Waals surface area (Å²) in [4.78, 5) is 23.3. The van der Waals surface area contributed by atoms with Gasteiger partial charge in [0.15, 0.2) is 11.5 Å². The van der Waals surface area contributed by atoms with E-state index in [0.717, 1.165) is 5.56 Å². The smallest absolute Gasteiger partial charge is 0.407 e. The van der Waals surface area contributed by atoms with Gasteiger partial charge in [0, 0.05) is 12.3 Å². The molecule has 3 aromatic rings. The highest BCUT2D eigenvalue weighted by atomic mass is 35.5. The molecule has 0 atom stereocenters. The van der Waals surface area contributed by atoms with Gasteiger partial charge in [0.2, 0.25) is 5.24 Å². The number of hydrogen-bond acceptors (Lipinski definition) is 5. The van der Waals surface area contributed by atoms with E-state index in [0.29, 0.717) is 11.5 Å². The van der Waals surface area contributed by atoms with Crippen LogP contribution >= 0.6 is 11.6 Å². The summed E-state index contributed by atoms with van der Waals surface area (Å²) < 4.78 is 16.5. The monoisotopic (exact) mass is 465 g/mol. The average Bonchev–Trinajstić information content (AvgIpc) is 3.14. The van der Waals surface area contributed by atoms with Crippen molar-refractivity contribution in [3.8, 4) is 22.6 Å². The Morgan fingerprint density at radius 1 is 0.939 bits per heavy atom. The number of amides is 1. The van der Waals surface area contributed by atoms with Gasteiger partial charge in [0.05, 0.1) is 13.7 Å². The predicted molar refractivity (Wildman–Crippen MR) is 126 cm³/mol. The van der Waals surface area contributed by atoms with E-state index in [4.69, 9.17) is 25.8 Å². The van der Waals surface area contributed by atoms with Gasteiger partial charge < -0.3 is 19.5 Å². The van der Waals surface area contributed by atoms with Gasteiger partial charge in [0.1, 0.15) is 13.2 Å². The summed E-state index contributed by atoms with van der Waals surface area (Å²) >= 11 is 5.43. The third-order valence-electron chi connectivity index (χ3n) is 5.54. The van der Waals surface area contributed by atoms with Crippen LogP contribution in [0.3, 0.4) is 0 Å². The number of alkyl carbamates (subject to hydrolysis) is 1. The molecule has 0 fully saturated rings. The number of ether oxygens (including phenoxy) is 3. The molecule has 0 aromatic heterocycles. The third kappa shape index (κ3) is 5.29. The van der Waals surface area contributed by atoms with Crippen LogP contribution < -0.4 is 14.8 Å². The lowest BCUT2D eigenvalue weighted by Gasteiger charge is -2.15. The molecule has 6 nitrogen and oxygen atoms in total. The summed E-state index contributed by atoms with van der Waals surface area (Å²) in [5, 5.41) is 2.26. The zero-order chi connectivity index (χ0) is 23.2. The van der Waals surface area contributed by atoms with Crippen molar-refractivity contribution >= 4 is 22.9 Å². The second-order valence-electron chi connectivity index (χ2n) is 7.62. The minimum absolute atomic E-state index is 0.0158. The van der Waals surface area contributed by atoms with Gasteiger partial charge in [-0.05, 0) is 51.6 Å². The van der Waals surface area contributed by atoms with E-state index in [1.54, 1.807) is 18.2 Å². The van der Waals surface area contributed by atoms with Crippen LogP contribution in [0.5, 0.6) is 11.5 Å². The number of halogens is 1. The van der Waals surface area contributed by atoms with Crippen molar-refractivity contribution in [3.63, 3.8) is 0 Å². The van der Waals surface area contributed by atoms with E-state index in [1.807, 2.05) is 24.3 Å². The SMILES string of the molecule is COc1cc(CC(=O)Cl)ccc1OCCNC(=O)OCC1c2ccccc2-c2ccccc21. The third-order valence-corrected chi connectivity index (χ3v) is 5.68. The molecular weight excluding hydrogens is 442 g/mol. The number of nitrogens with one attached hydrogen (secondary N) is 1. The van der Waals surface area contributed by atoms with Crippen LogP contribution in [0.25, 0.3) is 11.1 Å². The van der Waals surface area contributed by atoms with Crippen molar-refractivity contribution in [2.75, 3.05) is 26.9 Å². The molecule has 0 bridgehead atoms. The minimum Gasteiger partial charge on any atom is -0.493 e.